The molecule has 0 aliphatic rings. The first-order valence-corrected chi connectivity index (χ1v) is 4.03. The van der Waals surface area contributed by atoms with Gasteiger partial charge >= 0.3 is 5.97 Å². The molecule has 0 atom stereocenters. The molecule has 0 bridgehead atoms. The van der Waals surface area contributed by atoms with Gasteiger partial charge in [0.1, 0.15) is 0 Å². The number of aromatic nitrogens is 2. The summed E-state index contributed by atoms with van der Waals surface area (Å²) < 4.78 is 0. The summed E-state index contributed by atoms with van der Waals surface area (Å²) in [6, 6.07) is 0. The minimum absolute atomic E-state index is 0.0991. The number of rotatable bonds is 4. The molecule has 0 radical (unpaired) electrons. The maximum Gasteiger partial charge on any atom is 0.338 e. The Kier molecular flexibility index (Phi) is 3.19. The van der Waals surface area contributed by atoms with E-state index in [0.29, 0.717) is 5.95 Å². The zero-order valence-electron chi connectivity index (χ0n) is 7.32. The smallest absolute Gasteiger partial charge is 0.338 e. The Balaban J connectivity index is 2.64. The molecule has 0 unspecified atom stereocenters. The predicted molar refractivity (Wildman–Crippen MR) is 47.8 cm³/mol. The SMILES string of the molecule is CCCNc1ncc(C(=O)O)cn1. The Morgan fingerprint density at radius 1 is 1.54 bits per heavy atom. The van der Waals surface area contributed by atoms with Crippen LogP contribution in [0.25, 0.3) is 0 Å². The summed E-state index contributed by atoms with van der Waals surface area (Å²) in [5, 5.41) is 11.5. The fourth-order valence-corrected chi connectivity index (χ4v) is 0.767. The monoisotopic (exact) mass is 181 g/mol. The molecule has 0 fully saturated rings. The quantitative estimate of drug-likeness (QED) is 0.724. The highest BCUT2D eigenvalue weighted by Gasteiger charge is 2.02. The van der Waals surface area contributed by atoms with Crippen LogP contribution in [0.1, 0.15) is 23.7 Å². The van der Waals surface area contributed by atoms with Gasteiger partial charge in [-0.05, 0) is 6.42 Å². The van der Waals surface area contributed by atoms with Gasteiger partial charge in [-0.1, -0.05) is 6.92 Å². The van der Waals surface area contributed by atoms with Gasteiger partial charge < -0.3 is 10.4 Å². The van der Waals surface area contributed by atoms with Crippen molar-refractivity contribution < 1.29 is 9.90 Å². The Morgan fingerprint density at radius 3 is 2.62 bits per heavy atom. The average Bonchev–Trinajstić information content (AvgIpc) is 2.15. The van der Waals surface area contributed by atoms with Crippen LogP contribution in [0.4, 0.5) is 5.95 Å². The molecule has 2 N–H and O–H groups in total. The number of carboxylic acid groups (broad SMARTS) is 1. The van der Waals surface area contributed by atoms with E-state index in [1.807, 2.05) is 6.92 Å². The third-order valence-electron chi connectivity index (χ3n) is 1.43. The number of carboxylic acids is 1. The Morgan fingerprint density at radius 2 is 2.15 bits per heavy atom. The highest BCUT2D eigenvalue weighted by atomic mass is 16.4. The van der Waals surface area contributed by atoms with Gasteiger partial charge in [0.25, 0.3) is 0 Å². The van der Waals surface area contributed by atoms with E-state index in [9.17, 15) is 4.79 Å². The fourth-order valence-electron chi connectivity index (χ4n) is 0.767. The van der Waals surface area contributed by atoms with Crippen molar-refractivity contribution in [2.45, 2.75) is 13.3 Å². The van der Waals surface area contributed by atoms with Crippen molar-refractivity contribution in [3.63, 3.8) is 0 Å². The van der Waals surface area contributed by atoms with Gasteiger partial charge in [0.05, 0.1) is 5.56 Å². The van der Waals surface area contributed by atoms with Gasteiger partial charge in [-0.25, -0.2) is 14.8 Å². The lowest BCUT2D eigenvalue weighted by molar-refractivity contribution is 0.0696. The third-order valence-corrected chi connectivity index (χ3v) is 1.43. The maximum atomic E-state index is 10.4. The zero-order chi connectivity index (χ0) is 9.68. The van der Waals surface area contributed by atoms with Crippen molar-refractivity contribution >= 4 is 11.9 Å². The highest BCUT2D eigenvalue weighted by Crippen LogP contribution is 1.99. The number of hydrogen-bond donors (Lipinski definition) is 2. The highest BCUT2D eigenvalue weighted by molar-refractivity contribution is 5.86. The van der Waals surface area contributed by atoms with E-state index in [2.05, 4.69) is 15.3 Å². The van der Waals surface area contributed by atoms with Crippen LogP contribution < -0.4 is 5.32 Å². The van der Waals surface area contributed by atoms with Crippen molar-refractivity contribution in [1.82, 2.24) is 9.97 Å². The second-order valence-corrected chi connectivity index (χ2v) is 2.53. The Labute approximate surface area is 75.8 Å². The van der Waals surface area contributed by atoms with Crippen LogP contribution in [0.2, 0.25) is 0 Å². The summed E-state index contributed by atoms with van der Waals surface area (Å²) in [6.45, 7) is 2.81. The molecule has 1 heterocycles. The number of aromatic carboxylic acids is 1. The maximum absolute atomic E-state index is 10.4. The van der Waals surface area contributed by atoms with Crippen LogP contribution in [0, 0.1) is 0 Å². The summed E-state index contributed by atoms with van der Waals surface area (Å²) >= 11 is 0. The molecule has 1 aromatic rings. The second kappa shape index (κ2) is 4.39. The molecule has 0 amide bonds. The van der Waals surface area contributed by atoms with E-state index >= 15 is 0 Å². The summed E-state index contributed by atoms with van der Waals surface area (Å²) in [5.41, 5.74) is 0.0991. The van der Waals surface area contributed by atoms with Crippen LogP contribution in [0.5, 0.6) is 0 Å². The molecule has 1 rings (SSSR count). The molecule has 0 saturated heterocycles. The van der Waals surface area contributed by atoms with Crippen molar-refractivity contribution in [1.29, 1.82) is 0 Å². The topological polar surface area (TPSA) is 75.1 Å². The predicted octanol–water partition coefficient (Wildman–Crippen LogP) is 0.997. The summed E-state index contributed by atoms with van der Waals surface area (Å²) in [7, 11) is 0. The van der Waals surface area contributed by atoms with Gasteiger partial charge in [0.15, 0.2) is 0 Å². The molecule has 0 aliphatic heterocycles. The standard InChI is InChI=1S/C8H11N3O2/c1-2-3-9-8-10-4-6(5-11-8)7(12)13/h4-5H,2-3H2,1H3,(H,12,13)(H,9,10,11). The molecule has 5 nitrogen and oxygen atoms in total. The zero-order valence-corrected chi connectivity index (χ0v) is 7.32. The molecular formula is C8H11N3O2. The van der Waals surface area contributed by atoms with E-state index in [1.54, 1.807) is 0 Å². The average molecular weight is 181 g/mol. The Bertz CT molecular complexity index is 284. The van der Waals surface area contributed by atoms with Gasteiger partial charge in [-0.15, -0.1) is 0 Å². The summed E-state index contributed by atoms with van der Waals surface area (Å²) in [6.07, 6.45) is 3.55. The number of anilines is 1. The van der Waals surface area contributed by atoms with E-state index in [1.165, 1.54) is 12.4 Å². The van der Waals surface area contributed by atoms with Crippen molar-refractivity contribution in [2.75, 3.05) is 11.9 Å². The van der Waals surface area contributed by atoms with E-state index < -0.39 is 5.97 Å². The van der Waals surface area contributed by atoms with Crippen molar-refractivity contribution in [2.24, 2.45) is 0 Å². The minimum atomic E-state index is -1.01. The molecule has 70 valence electrons. The van der Waals surface area contributed by atoms with Gasteiger partial charge in [0.2, 0.25) is 5.95 Å². The lowest BCUT2D eigenvalue weighted by Crippen LogP contribution is -2.06. The Hall–Kier alpha value is -1.65. The van der Waals surface area contributed by atoms with E-state index in [4.69, 9.17) is 5.11 Å². The van der Waals surface area contributed by atoms with Crippen LogP contribution in [0.15, 0.2) is 12.4 Å². The number of nitrogens with one attached hydrogen (secondary N) is 1. The third kappa shape index (κ3) is 2.70. The fraction of sp³-hybridized carbons (Fsp3) is 0.375. The lowest BCUT2D eigenvalue weighted by atomic mass is 10.3. The van der Waals surface area contributed by atoms with Gasteiger partial charge in [-0.2, -0.15) is 0 Å². The molecule has 13 heavy (non-hydrogen) atoms. The molecule has 0 aromatic carbocycles. The van der Waals surface area contributed by atoms with Crippen molar-refractivity contribution in [3.05, 3.63) is 18.0 Å². The molecule has 0 saturated carbocycles. The molecular weight excluding hydrogens is 170 g/mol. The molecule has 0 aliphatic carbocycles. The summed E-state index contributed by atoms with van der Waals surface area (Å²) in [4.78, 5) is 18.1. The molecule has 0 spiro atoms. The van der Waals surface area contributed by atoms with E-state index in [-0.39, 0.29) is 5.56 Å². The van der Waals surface area contributed by atoms with Gasteiger partial charge in [-0.3, -0.25) is 0 Å². The number of hydrogen-bond acceptors (Lipinski definition) is 4. The molecule has 5 heteroatoms. The van der Waals surface area contributed by atoms with Crippen LogP contribution in [0.3, 0.4) is 0 Å². The van der Waals surface area contributed by atoms with E-state index in [0.717, 1.165) is 13.0 Å². The van der Waals surface area contributed by atoms with Gasteiger partial charge in [0, 0.05) is 18.9 Å². The minimum Gasteiger partial charge on any atom is -0.478 e. The summed E-state index contributed by atoms with van der Waals surface area (Å²) in [5.74, 6) is -0.547. The first kappa shape index (κ1) is 9.44. The molecule has 1 aromatic heterocycles. The van der Waals surface area contributed by atoms with Crippen LogP contribution in [-0.4, -0.2) is 27.6 Å². The number of nitrogens with zero attached hydrogens (tertiary/aromatic N) is 2. The van der Waals surface area contributed by atoms with Crippen LogP contribution >= 0.6 is 0 Å². The second-order valence-electron chi connectivity index (χ2n) is 2.53. The first-order valence-electron chi connectivity index (χ1n) is 4.03. The lowest BCUT2D eigenvalue weighted by Gasteiger charge is -2.01. The number of carbonyl (C=O) groups is 1. The van der Waals surface area contributed by atoms with Crippen molar-refractivity contribution in [3.8, 4) is 0 Å². The van der Waals surface area contributed by atoms with Crippen LogP contribution in [-0.2, 0) is 0 Å². The largest absolute Gasteiger partial charge is 0.478 e. The first-order chi connectivity index (χ1) is 6.24. The normalized spacial score (nSPS) is 9.62.